The summed E-state index contributed by atoms with van der Waals surface area (Å²) in [4.78, 5) is 18.4. The fraction of sp³-hybridized carbons (Fsp3) is 0.450. The maximum absolute atomic E-state index is 12.5. The van der Waals surface area contributed by atoms with Gasteiger partial charge in [0.15, 0.2) is 0 Å². The Morgan fingerprint density at radius 3 is 2.42 bits per heavy atom. The molecule has 0 bridgehead atoms. The molecule has 3 heterocycles. The zero-order chi connectivity index (χ0) is 16.4. The third-order valence-corrected chi connectivity index (χ3v) is 6.27. The van der Waals surface area contributed by atoms with Crippen molar-refractivity contribution in [2.75, 3.05) is 26.2 Å². The van der Waals surface area contributed by atoms with Crippen LogP contribution in [0.3, 0.4) is 0 Å². The average molecular weight is 340 g/mol. The second-order valence-electron chi connectivity index (χ2n) is 7.08. The molecule has 2 aliphatic rings. The number of fused-ring (bicyclic) bond motifs is 1. The van der Waals surface area contributed by atoms with Crippen molar-refractivity contribution in [2.24, 2.45) is 11.8 Å². The van der Waals surface area contributed by atoms with Crippen molar-refractivity contribution in [3.63, 3.8) is 0 Å². The van der Waals surface area contributed by atoms with Gasteiger partial charge in [-0.1, -0.05) is 36.4 Å². The Hall–Kier alpha value is -1.65. The lowest BCUT2D eigenvalue weighted by Crippen LogP contribution is -2.33. The summed E-state index contributed by atoms with van der Waals surface area (Å²) >= 11 is 1.75. The molecular weight excluding hydrogens is 316 g/mol. The monoisotopic (exact) mass is 340 g/mol. The van der Waals surface area contributed by atoms with Gasteiger partial charge in [0.2, 0.25) is 5.91 Å². The summed E-state index contributed by atoms with van der Waals surface area (Å²) in [5.41, 5.74) is 1.39. The van der Waals surface area contributed by atoms with Crippen LogP contribution >= 0.6 is 11.3 Å². The molecule has 4 rings (SSSR count). The van der Waals surface area contributed by atoms with E-state index in [0.717, 1.165) is 39.1 Å². The maximum atomic E-state index is 12.5. The number of likely N-dealkylation sites (tertiary alicyclic amines) is 2. The van der Waals surface area contributed by atoms with Crippen LogP contribution in [-0.2, 0) is 17.8 Å². The number of carbonyl (C=O) groups is 1. The van der Waals surface area contributed by atoms with Gasteiger partial charge in [-0.2, -0.15) is 0 Å². The van der Waals surface area contributed by atoms with E-state index in [1.54, 1.807) is 11.3 Å². The first-order chi connectivity index (χ1) is 11.8. The lowest BCUT2D eigenvalue weighted by Gasteiger charge is -2.21. The Labute approximate surface area is 147 Å². The number of benzene rings is 1. The van der Waals surface area contributed by atoms with Crippen LogP contribution in [0.5, 0.6) is 0 Å². The molecule has 1 aromatic carbocycles. The molecule has 2 saturated heterocycles. The molecule has 1 amide bonds. The van der Waals surface area contributed by atoms with Gasteiger partial charge in [0, 0.05) is 44.0 Å². The Bertz CT molecular complexity index is 656. The first-order valence-electron chi connectivity index (χ1n) is 8.84. The minimum Gasteiger partial charge on any atom is -0.342 e. The molecule has 4 heteroatoms. The highest BCUT2D eigenvalue weighted by Crippen LogP contribution is 2.32. The fourth-order valence-corrected chi connectivity index (χ4v) is 4.82. The average Bonchev–Trinajstić information content (AvgIpc) is 3.29. The Balaban J connectivity index is 1.26. The maximum Gasteiger partial charge on any atom is 0.222 e. The van der Waals surface area contributed by atoms with E-state index in [4.69, 9.17) is 0 Å². The van der Waals surface area contributed by atoms with Crippen molar-refractivity contribution in [2.45, 2.75) is 19.4 Å². The zero-order valence-electron chi connectivity index (χ0n) is 13.9. The summed E-state index contributed by atoms with van der Waals surface area (Å²) in [5, 5.41) is 2.08. The zero-order valence-corrected chi connectivity index (χ0v) is 14.8. The SMILES string of the molecule is O=C(CCc1cccs1)N1C[C@H]2CN(Cc3ccccc3)C[C@H]2C1. The second-order valence-corrected chi connectivity index (χ2v) is 8.11. The molecule has 2 fully saturated rings. The standard InChI is InChI=1S/C20H24N2OS/c23-20(9-8-19-7-4-10-24-19)22-14-17-12-21(13-18(17)15-22)11-16-5-2-1-3-6-16/h1-7,10,17-18H,8-9,11-15H2/t17-,18+. The lowest BCUT2D eigenvalue weighted by atomic mass is 10.0. The number of hydrogen-bond donors (Lipinski definition) is 0. The van der Waals surface area contributed by atoms with Gasteiger partial charge >= 0.3 is 0 Å². The molecule has 0 saturated carbocycles. The summed E-state index contributed by atoms with van der Waals surface area (Å²) < 4.78 is 0. The van der Waals surface area contributed by atoms with Crippen LogP contribution in [-0.4, -0.2) is 41.9 Å². The van der Waals surface area contributed by atoms with E-state index < -0.39 is 0 Å². The van der Waals surface area contributed by atoms with Crippen molar-refractivity contribution < 1.29 is 4.79 Å². The molecule has 0 radical (unpaired) electrons. The van der Waals surface area contributed by atoms with Gasteiger partial charge in [-0.05, 0) is 35.3 Å². The van der Waals surface area contributed by atoms with Crippen molar-refractivity contribution in [3.05, 3.63) is 58.3 Å². The van der Waals surface area contributed by atoms with E-state index in [9.17, 15) is 4.79 Å². The first kappa shape index (κ1) is 15.9. The van der Waals surface area contributed by atoms with E-state index in [1.807, 2.05) is 0 Å². The number of carbonyl (C=O) groups excluding carboxylic acids is 1. The van der Waals surface area contributed by atoms with Gasteiger partial charge in [0.05, 0.1) is 0 Å². The summed E-state index contributed by atoms with van der Waals surface area (Å²) in [6.45, 7) is 5.22. The van der Waals surface area contributed by atoms with Crippen LogP contribution in [0.25, 0.3) is 0 Å². The van der Waals surface area contributed by atoms with E-state index in [2.05, 4.69) is 57.6 Å². The highest BCUT2D eigenvalue weighted by atomic mass is 32.1. The van der Waals surface area contributed by atoms with Gasteiger partial charge in [-0.3, -0.25) is 9.69 Å². The quantitative estimate of drug-likeness (QED) is 0.834. The Morgan fingerprint density at radius 2 is 1.75 bits per heavy atom. The fourth-order valence-electron chi connectivity index (χ4n) is 4.11. The molecule has 2 aromatic rings. The highest BCUT2D eigenvalue weighted by molar-refractivity contribution is 7.09. The molecule has 0 unspecified atom stereocenters. The normalized spacial score (nSPS) is 23.6. The van der Waals surface area contributed by atoms with Crippen LogP contribution in [0.15, 0.2) is 47.8 Å². The Kier molecular flexibility index (Phi) is 4.67. The smallest absolute Gasteiger partial charge is 0.222 e. The van der Waals surface area contributed by atoms with E-state index in [-0.39, 0.29) is 0 Å². The summed E-state index contributed by atoms with van der Waals surface area (Å²) in [6, 6.07) is 14.9. The van der Waals surface area contributed by atoms with E-state index in [1.165, 1.54) is 10.4 Å². The van der Waals surface area contributed by atoms with Crippen LogP contribution in [0.1, 0.15) is 16.9 Å². The van der Waals surface area contributed by atoms with Crippen LogP contribution in [0, 0.1) is 11.8 Å². The minimum absolute atomic E-state index is 0.340. The number of rotatable bonds is 5. The number of thiophene rings is 1. The predicted octanol–water partition coefficient (Wildman–Crippen LogP) is 3.27. The minimum atomic E-state index is 0.340. The van der Waals surface area contributed by atoms with Crippen LogP contribution in [0.2, 0.25) is 0 Å². The van der Waals surface area contributed by atoms with Crippen molar-refractivity contribution in [1.82, 2.24) is 9.80 Å². The van der Waals surface area contributed by atoms with Gasteiger partial charge in [-0.15, -0.1) is 11.3 Å². The lowest BCUT2D eigenvalue weighted by molar-refractivity contribution is -0.130. The summed E-state index contributed by atoms with van der Waals surface area (Å²) in [5.74, 6) is 1.67. The number of amides is 1. The first-order valence-corrected chi connectivity index (χ1v) is 9.72. The van der Waals surface area contributed by atoms with Crippen molar-refractivity contribution in [3.8, 4) is 0 Å². The third kappa shape index (κ3) is 3.55. The molecular formula is C20H24N2OS. The van der Waals surface area contributed by atoms with Gasteiger partial charge in [0.25, 0.3) is 0 Å². The van der Waals surface area contributed by atoms with Crippen LogP contribution in [0.4, 0.5) is 0 Å². The second kappa shape index (κ2) is 7.08. The van der Waals surface area contributed by atoms with Gasteiger partial charge in [-0.25, -0.2) is 0 Å². The molecule has 1 aromatic heterocycles. The number of nitrogens with zero attached hydrogens (tertiary/aromatic N) is 2. The molecule has 24 heavy (non-hydrogen) atoms. The molecule has 0 aliphatic carbocycles. The number of aryl methyl sites for hydroxylation is 1. The molecule has 0 spiro atoms. The van der Waals surface area contributed by atoms with Gasteiger partial charge < -0.3 is 4.90 Å². The van der Waals surface area contributed by atoms with E-state index in [0.29, 0.717) is 24.2 Å². The topological polar surface area (TPSA) is 23.6 Å². The van der Waals surface area contributed by atoms with Gasteiger partial charge in [0.1, 0.15) is 0 Å². The van der Waals surface area contributed by atoms with Crippen molar-refractivity contribution in [1.29, 1.82) is 0 Å². The predicted molar refractivity (Wildman–Crippen MR) is 97.9 cm³/mol. The van der Waals surface area contributed by atoms with E-state index >= 15 is 0 Å². The molecule has 2 atom stereocenters. The molecule has 2 aliphatic heterocycles. The Morgan fingerprint density at radius 1 is 1.00 bits per heavy atom. The van der Waals surface area contributed by atoms with Crippen molar-refractivity contribution >= 4 is 17.2 Å². The van der Waals surface area contributed by atoms with Crippen LogP contribution < -0.4 is 0 Å². The number of hydrogen-bond acceptors (Lipinski definition) is 3. The summed E-state index contributed by atoms with van der Waals surface area (Å²) in [7, 11) is 0. The molecule has 126 valence electrons. The summed E-state index contributed by atoms with van der Waals surface area (Å²) in [6.07, 6.45) is 1.55. The largest absolute Gasteiger partial charge is 0.342 e. The highest BCUT2D eigenvalue weighted by Gasteiger charge is 2.41. The third-order valence-electron chi connectivity index (χ3n) is 5.33. The molecule has 3 nitrogen and oxygen atoms in total. The molecule has 0 N–H and O–H groups in total.